The zero-order valence-electron chi connectivity index (χ0n) is 30.1. The van der Waals surface area contributed by atoms with Crippen molar-refractivity contribution in [2.24, 2.45) is 17.6 Å². The highest BCUT2D eigenvalue weighted by atomic mass is 35.5. The zero-order chi connectivity index (χ0) is 37.9. The van der Waals surface area contributed by atoms with Crippen LogP contribution in [0, 0.1) is 11.8 Å². The highest BCUT2D eigenvalue weighted by molar-refractivity contribution is 6.36. The van der Waals surface area contributed by atoms with Crippen LogP contribution in [0.25, 0.3) is 22.4 Å². The van der Waals surface area contributed by atoms with E-state index in [1.807, 2.05) is 48.5 Å². The van der Waals surface area contributed by atoms with Gasteiger partial charge < -0.3 is 20.5 Å². The van der Waals surface area contributed by atoms with E-state index in [2.05, 4.69) is 10.3 Å². The van der Waals surface area contributed by atoms with Crippen molar-refractivity contribution >= 4 is 23.3 Å². The molecule has 2 aliphatic carbocycles. The number of aromatic nitrogens is 2. The second-order valence-electron chi connectivity index (χ2n) is 14.1. The Hall–Kier alpha value is -4.48. The molecule has 280 valence electrons. The molecule has 0 bridgehead atoms. The number of alkyl halides is 3. The molecule has 1 fully saturated rings. The van der Waals surface area contributed by atoms with Crippen LogP contribution >= 0.6 is 11.6 Å². The number of rotatable bonds is 14. The van der Waals surface area contributed by atoms with Gasteiger partial charge >= 0.3 is 6.18 Å². The molecule has 2 aromatic heterocycles. The molecule has 53 heavy (non-hydrogen) atoms. The van der Waals surface area contributed by atoms with Crippen molar-refractivity contribution in [3.05, 3.63) is 93.1 Å². The highest BCUT2D eigenvalue weighted by Gasteiger charge is 2.37. The molecule has 3 atom stereocenters. The fraction of sp³-hybridized carbons (Fsp3) is 0.415. The van der Waals surface area contributed by atoms with Gasteiger partial charge in [-0.2, -0.15) is 13.2 Å². The predicted molar refractivity (Wildman–Crippen MR) is 198 cm³/mol. The lowest BCUT2D eigenvalue weighted by atomic mass is 9.90. The van der Waals surface area contributed by atoms with Crippen LogP contribution in [-0.4, -0.2) is 42.4 Å². The molecule has 1 amide bonds. The number of benzene rings is 2. The number of nitrogens with one attached hydrogen (secondary N) is 1. The number of pyridine rings is 2. The van der Waals surface area contributed by atoms with E-state index in [4.69, 9.17) is 31.8 Å². The summed E-state index contributed by atoms with van der Waals surface area (Å²) >= 11 is 7.14. The SMILES string of the molecule is COc1nc(-c2cccc(-c3cccc4c3CC[C@@H]4Cc3nc(OC)c(CC[C@@H](C)C(N)=O)cc3C(F)(F)F)c2Cl)ccc1CNC[C@@H]1CCC(=O)C1. The normalized spacial score (nSPS) is 17.5. The van der Waals surface area contributed by atoms with Crippen LogP contribution < -0.4 is 20.5 Å². The standard InChI is InChI=1S/C41H44ClF3N4O4/c1-23(38(46)51)10-12-26-19-34(41(43,44)45)36(49-39(26)52-2)20-25-13-16-31-29(25)6-4-7-30(31)32-8-5-9-33(37(32)42)35-17-14-27(40(48-35)53-3)22-47-21-24-11-15-28(50)18-24/h4-9,14,17,19,23-25,47H,10-13,15-16,18,20-22H2,1-3H3,(H2,46,51)/t23-,24-,25-/m1/s1. The Balaban J connectivity index is 1.25. The number of nitrogens with zero attached hydrogens (tertiary/aromatic N) is 2. The molecule has 2 aliphatic rings. The number of nitrogens with two attached hydrogens (primary N) is 1. The quantitative estimate of drug-likeness (QED) is 0.133. The van der Waals surface area contributed by atoms with Gasteiger partial charge in [0.1, 0.15) is 5.78 Å². The van der Waals surface area contributed by atoms with Crippen molar-refractivity contribution in [2.45, 2.75) is 76.9 Å². The number of hydrogen-bond acceptors (Lipinski definition) is 7. The van der Waals surface area contributed by atoms with Gasteiger partial charge in [-0.15, -0.1) is 0 Å². The topological polar surface area (TPSA) is 116 Å². The fourth-order valence-electron chi connectivity index (χ4n) is 7.63. The minimum absolute atomic E-state index is 0.0726. The van der Waals surface area contributed by atoms with Crippen molar-refractivity contribution in [2.75, 3.05) is 20.8 Å². The zero-order valence-corrected chi connectivity index (χ0v) is 30.9. The van der Waals surface area contributed by atoms with Gasteiger partial charge in [-0.1, -0.05) is 61.0 Å². The lowest BCUT2D eigenvalue weighted by Gasteiger charge is -2.20. The van der Waals surface area contributed by atoms with Gasteiger partial charge in [-0.25, -0.2) is 9.97 Å². The Bertz CT molecular complexity index is 2000. The van der Waals surface area contributed by atoms with Crippen molar-refractivity contribution in [3.63, 3.8) is 0 Å². The van der Waals surface area contributed by atoms with E-state index in [0.717, 1.165) is 52.4 Å². The summed E-state index contributed by atoms with van der Waals surface area (Å²) in [4.78, 5) is 32.4. The van der Waals surface area contributed by atoms with Crippen LogP contribution in [0.5, 0.6) is 11.8 Å². The summed E-state index contributed by atoms with van der Waals surface area (Å²) in [5.74, 6) is 0.0762. The number of fused-ring (bicyclic) bond motifs is 1. The van der Waals surface area contributed by atoms with Crippen LogP contribution in [0.15, 0.2) is 54.6 Å². The van der Waals surface area contributed by atoms with E-state index < -0.39 is 23.6 Å². The van der Waals surface area contributed by atoms with Crippen LogP contribution in [0.2, 0.25) is 5.02 Å². The number of primary amides is 1. The second kappa shape index (κ2) is 16.3. The molecule has 0 unspecified atom stereocenters. The van der Waals surface area contributed by atoms with Crippen molar-refractivity contribution in [3.8, 4) is 34.1 Å². The number of ether oxygens (including phenoxy) is 2. The molecule has 2 heterocycles. The number of aryl methyl sites for hydroxylation is 1. The number of hydrogen-bond donors (Lipinski definition) is 2. The van der Waals surface area contributed by atoms with E-state index in [-0.39, 0.29) is 42.3 Å². The van der Waals surface area contributed by atoms with Gasteiger partial charge in [0.15, 0.2) is 0 Å². The first-order valence-corrected chi connectivity index (χ1v) is 18.4. The molecule has 12 heteroatoms. The molecule has 6 rings (SSSR count). The summed E-state index contributed by atoms with van der Waals surface area (Å²) < 4.78 is 54.5. The van der Waals surface area contributed by atoms with E-state index in [1.165, 1.54) is 7.11 Å². The summed E-state index contributed by atoms with van der Waals surface area (Å²) in [6.07, 6.45) is -0.574. The minimum atomic E-state index is -4.63. The maximum Gasteiger partial charge on any atom is 0.418 e. The summed E-state index contributed by atoms with van der Waals surface area (Å²) in [7, 11) is 2.97. The molecule has 0 aliphatic heterocycles. The molecule has 2 aromatic carbocycles. The first kappa shape index (κ1) is 38.3. The largest absolute Gasteiger partial charge is 0.481 e. The third-order valence-electron chi connectivity index (χ3n) is 10.6. The van der Waals surface area contributed by atoms with Crippen LogP contribution in [0.3, 0.4) is 0 Å². The average molecular weight is 749 g/mol. The van der Waals surface area contributed by atoms with E-state index in [1.54, 1.807) is 14.0 Å². The number of ketones is 1. The number of halogens is 4. The van der Waals surface area contributed by atoms with Gasteiger partial charge in [0.2, 0.25) is 17.7 Å². The van der Waals surface area contributed by atoms with Gasteiger partial charge in [0.05, 0.1) is 36.2 Å². The summed E-state index contributed by atoms with van der Waals surface area (Å²) in [5, 5.41) is 3.95. The molecular formula is C41H44ClF3N4O4. The van der Waals surface area contributed by atoms with Crippen molar-refractivity contribution < 1.29 is 32.2 Å². The van der Waals surface area contributed by atoms with E-state index >= 15 is 0 Å². The molecule has 3 N–H and O–H groups in total. The van der Waals surface area contributed by atoms with Gasteiger partial charge in [0.25, 0.3) is 0 Å². The van der Waals surface area contributed by atoms with Gasteiger partial charge in [-0.3, -0.25) is 9.59 Å². The van der Waals surface area contributed by atoms with Gasteiger partial charge in [0, 0.05) is 47.6 Å². The monoisotopic (exact) mass is 748 g/mol. The predicted octanol–water partition coefficient (Wildman–Crippen LogP) is 8.29. The minimum Gasteiger partial charge on any atom is -0.481 e. The van der Waals surface area contributed by atoms with Crippen LogP contribution in [0.4, 0.5) is 13.2 Å². The van der Waals surface area contributed by atoms with Crippen molar-refractivity contribution in [1.82, 2.24) is 15.3 Å². The average Bonchev–Trinajstić information content (AvgIpc) is 3.75. The molecule has 1 saturated carbocycles. The Labute approximate surface area is 312 Å². The first-order valence-electron chi connectivity index (χ1n) is 18.0. The number of carbonyl (C=O) groups is 2. The lowest BCUT2D eigenvalue weighted by molar-refractivity contribution is -0.138. The summed E-state index contributed by atoms with van der Waals surface area (Å²) in [6, 6.07) is 16.7. The van der Waals surface area contributed by atoms with E-state index in [9.17, 15) is 22.8 Å². The second-order valence-corrected chi connectivity index (χ2v) is 14.5. The molecule has 0 spiro atoms. The smallest absolute Gasteiger partial charge is 0.418 e. The van der Waals surface area contributed by atoms with Crippen LogP contribution in [-0.2, 0) is 41.6 Å². The Morgan fingerprint density at radius 1 is 0.981 bits per heavy atom. The molecule has 4 aromatic rings. The highest BCUT2D eigenvalue weighted by Crippen LogP contribution is 2.45. The summed E-state index contributed by atoms with van der Waals surface area (Å²) in [6.45, 7) is 2.96. The molecule has 0 radical (unpaired) electrons. The molecular weight excluding hydrogens is 705 g/mol. The Morgan fingerprint density at radius 3 is 2.40 bits per heavy atom. The number of carbonyl (C=O) groups excluding carboxylic acids is 2. The first-order chi connectivity index (χ1) is 25.4. The number of amides is 1. The van der Waals surface area contributed by atoms with Crippen LogP contribution in [0.1, 0.15) is 78.5 Å². The molecule has 8 nitrogen and oxygen atoms in total. The maximum absolute atomic E-state index is 14.5. The van der Waals surface area contributed by atoms with Gasteiger partial charge in [-0.05, 0) is 85.7 Å². The fourth-order valence-corrected chi connectivity index (χ4v) is 7.95. The lowest BCUT2D eigenvalue weighted by Crippen LogP contribution is -2.21. The molecule has 0 saturated heterocycles. The van der Waals surface area contributed by atoms with E-state index in [0.29, 0.717) is 60.5 Å². The van der Waals surface area contributed by atoms with Crippen molar-refractivity contribution in [1.29, 1.82) is 0 Å². The maximum atomic E-state index is 14.5. The third-order valence-corrected chi connectivity index (χ3v) is 11.0. The third kappa shape index (κ3) is 8.52. The number of Topliss-reactive ketones (excluding diaryl/α,β-unsaturated/α-hetero) is 1. The Kier molecular flexibility index (Phi) is 11.7. The number of methoxy groups -OCH3 is 2. The Morgan fingerprint density at radius 2 is 1.70 bits per heavy atom. The summed E-state index contributed by atoms with van der Waals surface area (Å²) in [5.41, 5.74) is 10.8.